The molecule has 0 aliphatic rings. The zero-order valence-corrected chi connectivity index (χ0v) is 11.9. The van der Waals surface area contributed by atoms with E-state index in [1.54, 1.807) is 17.0 Å². The number of nitrogens with one attached hydrogen (secondary N) is 1. The maximum Gasteiger partial charge on any atom is 0.147 e. The second-order valence-electron chi connectivity index (χ2n) is 4.98. The summed E-state index contributed by atoms with van der Waals surface area (Å²) in [6.45, 7) is 4.03. The second kappa shape index (κ2) is 5.33. The zero-order chi connectivity index (χ0) is 14.9. The first-order chi connectivity index (χ1) is 9.38. The van der Waals surface area contributed by atoms with Crippen molar-refractivity contribution in [3.05, 3.63) is 58.9 Å². The van der Waals surface area contributed by atoms with Crippen molar-refractivity contribution in [2.45, 2.75) is 13.8 Å². The number of nitrogens with two attached hydrogens (primary N) is 1. The average molecular weight is 271 g/mol. The first-order valence-corrected chi connectivity index (χ1v) is 6.34. The molecule has 0 spiro atoms. The Hall–Kier alpha value is -2.36. The third-order valence-electron chi connectivity index (χ3n) is 3.21. The molecule has 2 aromatic rings. The van der Waals surface area contributed by atoms with E-state index in [-0.39, 0.29) is 11.7 Å². The van der Waals surface area contributed by atoms with Gasteiger partial charge in [-0.15, -0.1) is 0 Å². The highest BCUT2D eigenvalue weighted by atomic mass is 19.1. The number of nitrogen functional groups attached to an aromatic ring is 1. The fourth-order valence-corrected chi connectivity index (χ4v) is 2.23. The van der Waals surface area contributed by atoms with Crippen molar-refractivity contribution in [2.75, 3.05) is 11.9 Å². The summed E-state index contributed by atoms with van der Waals surface area (Å²) in [6, 6.07) is 10.7. The molecule has 0 unspecified atom stereocenters. The first kappa shape index (κ1) is 14.1. The number of benzene rings is 2. The van der Waals surface area contributed by atoms with Crippen molar-refractivity contribution in [3.63, 3.8) is 0 Å². The van der Waals surface area contributed by atoms with E-state index in [4.69, 9.17) is 11.1 Å². The van der Waals surface area contributed by atoms with Crippen LogP contribution < -0.4 is 10.6 Å². The van der Waals surface area contributed by atoms with Crippen molar-refractivity contribution >= 4 is 17.2 Å². The molecule has 3 nitrogen and oxygen atoms in total. The molecule has 2 aromatic carbocycles. The molecule has 4 heteroatoms. The Kier molecular flexibility index (Phi) is 3.74. The fraction of sp³-hybridized carbons (Fsp3) is 0.188. The van der Waals surface area contributed by atoms with Crippen molar-refractivity contribution < 1.29 is 4.39 Å². The molecule has 0 saturated carbocycles. The predicted octanol–water partition coefficient (Wildman–Crippen LogP) is 3.49. The molecule has 20 heavy (non-hydrogen) atoms. The van der Waals surface area contributed by atoms with Crippen molar-refractivity contribution in [3.8, 4) is 0 Å². The summed E-state index contributed by atoms with van der Waals surface area (Å²) in [4.78, 5) is 1.79. The normalized spacial score (nSPS) is 10.4. The minimum absolute atomic E-state index is 0.135. The highest BCUT2D eigenvalue weighted by Gasteiger charge is 2.11. The lowest BCUT2D eigenvalue weighted by atomic mass is 10.1. The number of aryl methyl sites for hydroxylation is 2. The number of hydrogen-bond acceptors (Lipinski definition) is 2. The van der Waals surface area contributed by atoms with Crippen molar-refractivity contribution in [1.29, 1.82) is 5.41 Å². The molecule has 0 aromatic heterocycles. The summed E-state index contributed by atoms with van der Waals surface area (Å²) in [5.41, 5.74) is 9.40. The summed E-state index contributed by atoms with van der Waals surface area (Å²) in [7, 11) is 1.82. The van der Waals surface area contributed by atoms with Gasteiger partial charge in [0.2, 0.25) is 0 Å². The molecule has 0 amide bonds. The Bertz CT molecular complexity index is 645. The molecule has 0 bridgehead atoms. The van der Waals surface area contributed by atoms with Gasteiger partial charge in [0.05, 0.1) is 5.69 Å². The predicted molar refractivity (Wildman–Crippen MR) is 81.4 cm³/mol. The van der Waals surface area contributed by atoms with Gasteiger partial charge in [0.25, 0.3) is 0 Å². The quantitative estimate of drug-likeness (QED) is 0.663. The summed E-state index contributed by atoms with van der Waals surface area (Å²) in [6.07, 6.45) is 0. The molecule has 0 radical (unpaired) electrons. The number of amidine groups is 1. The van der Waals surface area contributed by atoms with Gasteiger partial charge >= 0.3 is 0 Å². The molecular formula is C16H18FN3. The SMILES string of the molecule is Cc1cc(C)cc(N(C)c2ccc(C(=N)N)cc2F)c1. The topological polar surface area (TPSA) is 53.1 Å². The summed E-state index contributed by atoms with van der Waals surface area (Å²) >= 11 is 0. The maximum absolute atomic E-state index is 14.2. The molecule has 0 aliphatic heterocycles. The van der Waals surface area contributed by atoms with Gasteiger partial charge in [0.15, 0.2) is 0 Å². The molecule has 0 fully saturated rings. The third kappa shape index (κ3) is 2.79. The van der Waals surface area contributed by atoms with Gasteiger partial charge in [-0.05, 0) is 55.3 Å². The Labute approximate surface area is 118 Å². The zero-order valence-electron chi connectivity index (χ0n) is 11.9. The van der Waals surface area contributed by atoms with Crippen LogP contribution in [0.25, 0.3) is 0 Å². The van der Waals surface area contributed by atoms with Crippen molar-refractivity contribution in [1.82, 2.24) is 0 Å². The van der Waals surface area contributed by atoms with Gasteiger partial charge in [-0.25, -0.2) is 4.39 Å². The summed E-state index contributed by atoms with van der Waals surface area (Å²) < 4.78 is 14.2. The smallest absolute Gasteiger partial charge is 0.147 e. The Morgan fingerprint density at radius 1 is 1.10 bits per heavy atom. The summed E-state index contributed by atoms with van der Waals surface area (Å²) in [5, 5.41) is 7.33. The van der Waals surface area contributed by atoms with Gasteiger partial charge in [-0.3, -0.25) is 5.41 Å². The molecule has 0 aliphatic carbocycles. The molecular weight excluding hydrogens is 253 g/mol. The van der Waals surface area contributed by atoms with Crippen LogP contribution in [0.2, 0.25) is 0 Å². The highest BCUT2D eigenvalue weighted by Crippen LogP contribution is 2.28. The van der Waals surface area contributed by atoms with Crippen LogP contribution in [-0.4, -0.2) is 12.9 Å². The second-order valence-corrected chi connectivity index (χ2v) is 4.98. The molecule has 0 heterocycles. The van der Waals surface area contributed by atoms with E-state index in [1.165, 1.54) is 6.07 Å². The van der Waals surface area contributed by atoms with Crippen LogP contribution >= 0.6 is 0 Å². The minimum atomic E-state index is -0.389. The number of anilines is 2. The Morgan fingerprint density at radius 3 is 2.20 bits per heavy atom. The largest absolute Gasteiger partial charge is 0.384 e. The van der Waals surface area contributed by atoms with E-state index in [0.717, 1.165) is 16.8 Å². The number of nitrogens with zero attached hydrogens (tertiary/aromatic N) is 1. The summed E-state index contributed by atoms with van der Waals surface area (Å²) in [5.74, 6) is -0.524. The van der Waals surface area contributed by atoms with Gasteiger partial charge in [0, 0.05) is 18.3 Å². The van der Waals surface area contributed by atoms with Crippen LogP contribution in [0.15, 0.2) is 36.4 Å². The van der Waals surface area contributed by atoms with Crippen LogP contribution in [-0.2, 0) is 0 Å². The molecule has 0 atom stereocenters. The fourth-order valence-electron chi connectivity index (χ4n) is 2.23. The maximum atomic E-state index is 14.2. The molecule has 104 valence electrons. The standard InChI is InChI=1S/C16H18FN3/c1-10-6-11(2)8-13(7-10)20(3)15-5-4-12(16(18)19)9-14(15)17/h4-9H,1-3H3,(H3,18,19). The highest BCUT2D eigenvalue weighted by molar-refractivity contribution is 5.95. The molecule has 3 N–H and O–H groups in total. The van der Waals surface area contributed by atoms with E-state index < -0.39 is 0 Å². The minimum Gasteiger partial charge on any atom is -0.384 e. The molecule has 0 saturated heterocycles. The van der Waals surface area contributed by atoms with Gasteiger partial charge < -0.3 is 10.6 Å². The Balaban J connectivity index is 2.42. The van der Waals surface area contributed by atoms with Crippen LogP contribution in [0.1, 0.15) is 16.7 Å². The van der Waals surface area contributed by atoms with Crippen LogP contribution in [0.5, 0.6) is 0 Å². The third-order valence-corrected chi connectivity index (χ3v) is 3.21. The lowest BCUT2D eigenvalue weighted by Crippen LogP contribution is -2.14. The van der Waals surface area contributed by atoms with E-state index >= 15 is 0 Å². The van der Waals surface area contributed by atoms with E-state index in [2.05, 4.69) is 6.07 Å². The lowest BCUT2D eigenvalue weighted by molar-refractivity contribution is 0.627. The van der Waals surface area contributed by atoms with Crippen LogP contribution in [0.4, 0.5) is 15.8 Å². The van der Waals surface area contributed by atoms with Gasteiger partial charge in [-0.2, -0.15) is 0 Å². The Morgan fingerprint density at radius 2 is 1.70 bits per heavy atom. The molecule has 2 rings (SSSR count). The average Bonchev–Trinajstić information content (AvgIpc) is 2.36. The first-order valence-electron chi connectivity index (χ1n) is 6.34. The lowest BCUT2D eigenvalue weighted by Gasteiger charge is -2.21. The van der Waals surface area contributed by atoms with Gasteiger partial charge in [0.1, 0.15) is 11.7 Å². The monoisotopic (exact) mass is 271 g/mol. The van der Waals surface area contributed by atoms with E-state index in [0.29, 0.717) is 11.3 Å². The van der Waals surface area contributed by atoms with Crippen LogP contribution in [0.3, 0.4) is 0 Å². The van der Waals surface area contributed by atoms with E-state index in [1.807, 2.05) is 33.0 Å². The van der Waals surface area contributed by atoms with Gasteiger partial charge in [-0.1, -0.05) is 6.07 Å². The van der Waals surface area contributed by atoms with Crippen LogP contribution in [0, 0.1) is 25.1 Å². The number of rotatable bonds is 3. The van der Waals surface area contributed by atoms with Crippen molar-refractivity contribution in [2.24, 2.45) is 5.73 Å². The number of halogens is 1. The van der Waals surface area contributed by atoms with E-state index in [9.17, 15) is 4.39 Å². The number of hydrogen-bond donors (Lipinski definition) is 2.